The summed E-state index contributed by atoms with van der Waals surface area (Å²) in [4.78, 5) is 14.6. The van der Waals surface area contributed by atoms with Gasteiger partial charge in [-0.2, -0.15) is 5.26 Å². The van der Waals surface area contributed by atoms with Crippen LogP contribution in [0.15, 0.2) is 29.2 Å². The Labute approximate surface area is 118 Å². The highest BCUT2D eigenvalue weighted by Crippen LogP contribution is 2.20. The molecule has 5 heteroatoms. The van der Waals surface area contributed by atoms with E-state index in [9.17, 15) is 4.79 Å². The number of hydrogen-bond acceptors (Lipinski definition) is 4. The van der Waals surface area contributed by atoms with Gasteiger partial charge in [0.2, 0.25) is 0 Å². The lowest BCUT2D eigenvalue weighted by atomic mass is 10.3. The van der Waals surface area contributed by atoms with E-state index in [1.807, 2.05) is 36.6 Å². The summed E-state index contributed by atoms with van der Waals surface area (Å²) >= 11 is 1.66. The minimum absolute atomic E-state index is 0.121. The van der Waals surface area contributed by atoms with Gasteiger partial charge in [-0.25, -0.2) is 0 Å². The zero-order valence-electron chi connectivity index (χ0n) is 11.4. The Hall–Kier alpha value is -1.67. The molecule has 0 aromatic heterocycles. The molecule has 0 unspecified atom stereocenters. The van der Waals surface area contributed by atoms with Gasteiger partial charge in [0.25, 0.3) is 5.91 Å². The molecule has 0 aliphatic carbocycles. The Kier molecular flexibility index (Phi) is 6.23. The molecule has 0 bridgehead atoms. The maximum Gasteiger partial charge on any atom is 0.263 e. The Morgan fingerprint density at radius 1 is 1.47 bits per heavy atom. The van der Waals surface area contributed by atoms with Crippen LogP contribution in [-0.4, -0.2) is 36.8 Å². The van der Waals surface area contributed by atoms with Gasteiger partial charge in [0.05, 0.1) is 12.5 Å². The second kappa shape index (κ2) is 7.70. The number of hydrogen-bond donors (Lipinski definition) is 0. The minimum Gasteiger partial charge on any atom is -0.481 e. The Bertz CT molecular complexity index is 454. The summed E-state index contributed by atoms with van der Waals surface area (Å²) in [5.41, 5.74) is 0. The largest absolute Gasteiger partial charge is 0.481 e. The van der Waals surface area contributed by atoms with Gasteiger partial charge in [-0.1, -0.05) is 0 Å². The van der Waals surface area contributed by atoms with Crippen molar-refractivity contribution in [1.82, 2.24) is 4.90 Å². The number of nitrogens with zero attached hydrogens (tertiary/aromatic N) is 2. The molecule has 1 aromatic rings. The van der Waals surface area contributed by atoms with E-state index in [-0.39, 0.29) is 5.91 Å². The topological polar surface area (TPSA) is 53.3 Å². The minimum atomic E-state index is -0.552. The number of thioether (sulfide) groups is 1. The molecule has 1 amide bonds. The third-order valence-electron chi connectivity index (χ3n) is 2.66. The molecule has 1 rings (SSSR count). The monoisotopic (exact) mass is 278 g/mol. The van der Waals surface area contributed by atoms with Crippen LogP contribution in [0.1, 0.15) is 13.3 Å². The third kappa shape index (κ3) is 4.84. The molecule has 0 heterocycles. The molecule has 4 nitrogen and oxygen atoms in total. The number of likely N-dealkylation sites (N-methyl/N-ethyl adjacent to an activating group) is 1. The van der Waals surface area contributed by atoms with Crippen LogP contribution in [0.2, 0.25) is 0 Å². The maximum atomic E-state index is 12.0. The van der Waals surface area contributed by atoms with Gasteiger partial charge >= 0.3 is 0 Å². The fraction of sp³-hybridized carbons (Fsp3) is 0.429. The number of carbonyl (C=O) groups excluding carboxylic acids is 1. The van der Waals surface area contributed by atoms with Gasteiger partial charge in [0.15, 0.2) is 6.10 Å². The van der Waals surface area contributed by atoms with Crippen LogP contribution in [0.25, 0.3) is 0 Å². The van der Waals surface area contributed by atoms with Crippen LogP contribution in [0, 0.1) is 11.3 Å². The SMILES string of the molecule is CSc1ccc(O[C@H](C)C(=O)N(C)CCC#N)cc1. The normalized spacial score (nSPS) is 11.5. The molecule has 102 valence electrons. The first-order valence-electron chi connectivity index (χ1n) is 6.01. The van der Waals surface area contributed by atoms with Crippen LogP contribution in [0.5, 0.6) is 5.75 Å². The lowest BCUT2D eigenvalue weighted by molar-refractivity contribution is -0.136. The van der Waals surface area contributed by atoms with E-state index in [1.54, 1.807) is 25.7 Å². The molecule has 0 saturated heterocycles. The van der Waals surface area contributed by atoms with Gasteiger partial charge in [0, 0.05) is 18.5 Å². The Balaban J connectivity index is 2.55. The Morgan fingerprint density at radius 3 is 2.63 bits per heavy atom. The molecular formula is C14H18N2O2S. The van der Waals surface area contributed by atoms with Gasteiger partial charge in [0.1, 0.15) is 5.75 Å². The van der Waals surface area contributed by atoms with Crippen molar-refractivity contribution in [3.05, 3.63) is 24.3 Å². The first-order valence-corrected chi connectivity index (χ1v) is 7.23. The molecule has 1 aromatic carbocycles. The highest BCUT2D eigenvalue weighted by Gasteiger charge is 2.18. The third-order valence-corrected chi connectivity index (χ3v) is 3.40. The molecule has 0 fully saturated rings. The quantitative estimate of drug-likeness (QED) is 0.750. The van der Waals surface area contributed by atoms with Crippen LogP contribution < -0.4 is 4.74 Å². The van der Waals surface area contributed by atoms with Crippen molar-refractivity contribution in [3.63, 3.8) is 0 Å². The fourth-order valence-electron chi connectivity index (χ4n) is 1.55. The molecule has 0 saturated carbocycles. The van der Waals surface area contributed by atoms with Crippen molar-refractivity contribution in [1.29, 1.82) is 5.26 Å². The predicted octanol–water partition coefficient (Wildman–Crippen LogP) is 2.55. The lowest BCUT2D eigenvalue weighted by Gasteiger charge is -2.21. The van der Waals surface area contributed by atoms with Crippen molar-refractivity contribution in [2.45, 2.75) is 24.3 Å². The predicted molar refractivity (Wildman–Crippen MR) is 76.2 cm³/mol. The summed E-state index contributed by atoms with van der Waals surface area (Å²) in [6.07, 6.45) is 1.78. The first kappa shape index (κ1) is 15.4. The zero-order chi connectivity index (χ0) is 14.3. The highest BCUT2D eigenvalue weighted by atomic mass is 32.2. The summed E-state index contributed by atoms with van der Waals surface area (Å²) in [6, 6.07) is 9.63. The van der Waals surface area contributed by atoms with Gasteiger partial charge in [-0.3, -0.25) is 4.79 Å². The summed E-state index contributed by atoms with van der Waals surface area (Å²) in [7, 11) is 1.68. The number of carbonyl (C=O) groups is 1. The second-order valence-electron chi connectivity index (χ2n) is 4.10. The van der Waals surface area contributed by atoms with E-state index >= 15 is 0 Å². The molecule has 0 aliphatic heterocycles. The van der Waals surface area contributed by atoms with Crippen LogP contribution in [-0.2, 0) is 4.79 Å². The zero-order valence-corrected chi connectivity index (χ0v) is 12.2. The second-order valence-corrected chi connectivity index (χ2v) is 4.98. The van der Waals surface area contributed by atoms with E-state index in [4.69, 9.17) is 10.00 Å². The van der Waals surface area contributed by atoms with Crippen LogP contribution in [0.4, 0.5) is 0 Å². The highest BCUT2D eigenvalue weighted by molar-refractivity contribution is 7.98. The van der Waals surface area contributed by atoms with E-state index in [0.29, 0.717) is 18.7 Å². The number of nitriles is 1. The van der Waals surface area contributed by atoms with Crippen molar-refractivity contribution >= 4 is 17.7 Å². The molecule has 0 spiro atoms. The van der Waals surface area contributed by atoms with Crippen molar-refractivity contribution in [2.75, 3.05) is 19.8 Å². The molecule has 1 atom stereocenters. The van der Waals surface area contributed by atoms with Gasteiger partial charge in [-0.15, -0.1) is 11.8 Å². The average Bonchev–Trinajstić information content (AvgIpc) is 2.44. The summed E-state index contributed by atoms with van der Waals surface area (Å²) in [5.74, 6) is 0.552. The molecular weight excluding hydrogens is 260 g/mol. The summed E-state index contributed by atoms with van der Waals surface area (Å²) in [5, 5.41) is 8.50. The van der Waals surface area contributed by atoms with E-state index in [1.165, 1.54) is 4.90 Å². The number of rotatable bonds is 6. The van der Waals surface area contributed by atoms with Crippen LogP contribution >= 0.6 is 11.8 Å². The first-order chi connectivity index (χ1) is 9.08. The number of benzene rings is 1. The van der Waals surface area contributed by atoms with Gasteiger partial charge < -0.3 is 9.64 Å². The van der Waals surface area contributed by atoms with Crippen molar-refractivity contribution in [2.24, 2.45) is 0 Å². The molecule has 0 aliphatic rings. The summed E-state index contributed by atoms with van der Waals surface area (Å²) < 4.78 is 5.59. The molecule has 19 heavy (non-hydrogen) atoms. The fourth-order valence-corrected chi connectivity index (χ4v) is 1.96. The number of amides is 1. The molecule has 0 N–H and O–H groups in total. The van der Waals surface area contributed by atoms with Crippen molar-refractivity contribution < 1.29 is 9.53 Å². The lowest BCUT2D eigenvalue weighted by Crippen LogP contribution is -2.38. The van der Waals surface area contributed by atoms with Gasteiger partial charge in [-0.05, 0) is 37.4 Å². The smallest absolute Gasteiger partial charge is 0.263 e. The average molecular weight is 278 g/mol. The Morgan fingerprint density at radius 2 is 2.11 bits per heavy atom. The maximum absolute atomic E-state index is 12.0. The standard InChI is InChI=1S/C14H18N2O2S/c1-11(14(17)16(2)10-4-9-15)18-12-5-7-13(19-3)8-6-12/h5-8,11H,4,10H2,1-3H3/t11-/m1/s1. The van der Waals surface area contributed by atoms with E-state index < -0.39 is 6.10 Å². The van der Waals surface area contributed by atoms with E-state index in [2.05, 4.69) is 0 Å². The van der Waals surface area contributed by atoms with Crippen molar-refractivity contribution in [3.8, 4) is 11.8 Å². The van der Waals surface area contributed by atoms with Crippen LogP contribution in [0.3, 0.4) is 0 Å². The molecule has 0 radical (unpaired) electrons. The number of ether oxygens (including phenoxy) is 1. The van der Waals surface area contributed by atoms with E-state index in [0.717, 1.165) is 4.90 Å². The summed E-state index contributed by atoms with van der Waals surface area (Å²) in [6.45, 7) is 2.14.